The molecule has 2 rings (SSSR count). The zero-order valence-electron chi connectivity index (χ0n) is 11.4. The molecule has 2 unspecified atom stereocenters. The number of piperidine rings is 1. The van der Waals surface area contributed by atoms with Crippen molar-refractivity contribution < 1.29 is 9.59 Å². The third-order valence-corrected chi connectivity index (χ3v) is 4.52. The number of nitrogens with zero attached hydrogens (tertiary/aromatic N) is 1. The molecule has 0 radical (unpaired) electrons. The lowest BCUT2D eigenvalue weighted by atomic mass is 9.87. The third kappa shape index (κ3) is 2.97. The molecule has 2 amide bonds. The van der Waals surface area contributed by atoms with Crippen molar-refractivity contribution in [1.82, 2.24) is 10.2 Å². The van der Waals surface area contributed by atoms with Crippen LogP contribution in [0, 0.1) is 5.92 Å². The topological polar surface area (TPSA) is 49.4 Å². The van der Waals surface area contributed by atoms with Gasteiger partial charge in [-0.1, -0.05) is 13.0 Å². The number of carbonyl (C=O) groups excluding carboxylic acids is 2. The summed E-state index contributed by atoms with van der Waals surface area (Å²) in [4.78, 5) is 27.0. The summed E-state index contributed by atoms with van der Waals surface area (Å²) >= 11 is 1.61. The maximum Gasteiger partial charge on any atom is 0.225 e. The molecule has 1 aliphatic heterocycles. The van der Waals surface area contributed by atoms with Gasteiger partial charge in [0, 0.05) is 24.9 Å². The minimum absolute atomic E-state index is 0.0691. The number of hydrogen-bond donors (Lipinski definition) is 1. The van der Waals surface area contributed by atoms with E-state index < -0.39 is 0 Å². The van der Waals surface area contributed by atoms with E-state index in [4.69, 9.17) is 0 Å². The highest BCUT2D eigenvalue weighted by molar-refractivity contribution is 7.10. The molecule has 1 aromatic heterocycles. The normalized spacial score (nSPS) is 23.5. The van der Waals surface area contributed by atoms with Crippen LogP contribution in [-0.2, 0) is 9.59 Å². The lowest BCUT2D eigenvalue weighted by molar-refractivity contribution is -0.141. The maximum absolute atomic E-state index is 12.3. The van der Waals surface area contributed by atoms with Gasteiger partial charge in [0.15, 0.2) is 0 Å². The first-order chi connectivity index (χ1) is 9.15. The van der Waals surface area contributed by atoms with Crippen LogP contribution in [0.2, 0.25) is 0 Å². The van der Waals surface area contributed by atoms with E-state index in [2.05, 4.69) is 5.32 Å². The van der Waals surface area contributed by atoms with Crippen molar-refractivity contribution in [3.8, 4) is 0 Å². The predicted octanol–water partition coefficient (Wildman–Crippen LogP) is 2.18. The second-order valence-electron chi connectivity index (χ2n) is 4.90. The Hall–Kier alpha value is -1.36. The Labute approximate surface area is 117 Å². The Morgan fingerprint density at radius 2 is 2.37 bits per heavy atom. The number of nitrogens with one attached hydrogen (secondary N) is 1. The average Bonchev–Trinajstić information content (AvgIpc) is 2.92. The van der Waals surface area contributed by atoms with Gasteiger partial charge in [-0.05, 0) is 24.3 Å². The quantitative estimate of drug-likeness (QED) is 0.919. The number of likely N-dealkylation sites (tertiary alicyclic amines) is 1. The van der Waals surface area contributed by atoms with Gasteiger partial charge in [0.2, 0.25) is 11.8 Å². The van der Waals surface area contributed by atoms with Gasteiger partial charge in [0.1, 0.15) is 0 Å². The Kier molecular flexibility index (Phi) is 4.58. The average molecular weight is 280 g/mol. The van der Waals surface area contributed by atoms with E-state index in [1.807, 2.05) is 24.4 Å². The second-order valence-corrected chi connectivity index (χ2v) is 5.88. The van der Waals surface area contributed by atoms with E-state index in [1.165, 1.54) is 0 Å². The first-order valence-corrected chi connectivity index (χ1v) is 7.60. The molecule has 1 aromatic rings. The lowest BCUT2D eigenvalue weighted by Crippen LogP contribution is -2.46. The predicted molar refractivity (Wildman–Crippen MR) is 75.9 cm³/mol. The van der Waals surface area contributed by atoms with Gasteiger partial charge >= 0.3 is 0 Å². The van der Waals surface area contributed by atoms with Crippen LogP contribution in [0.4, 0.5) is 0 Å². The molecule has 5 heteroatoms. The molecule has 1 aliphatic rings. The van der Waals surface area contributed by atoms with Crippen molar-refractivity contribution in [2.45, 2.75) is 32.2 Å². The van der Waals surface area contributed by atoms with Crippen molar-refractivity contribution in [3.63, 3.8) is 0 Å². The number of carbonyl (C=O) groups is 2. The van der Waals surface area contributed by atoms with E-state index in [-0.39, 0.29) is 23.8 Å². The third-order valence-electron chi connectivity index (χ3n) is 3.58. The fourth-order valence-corrected chi connectivity index (χ4v) is 3.47. The van der Waals surface area contributed by atoms with Crippen LogP contribution in [0.1, 0.15) is 37.1 Å². The molecule has 0 saturated carbocycles. The van der Waals surface area contributed by atoms with Crippen LogP contribution in [0.15, 0.2) is 17.5 Å². The lowest BCUT2D eigenvalue weighted by Gasteiger charge is -2.37. The number of hydrogen-bond acceptors (Lipinski definition) is 3. The van der Waals surface area contributed by atoms with Crippen LogP contribution in [0.5, 0.6) is 0 Å². The summed E-state index contributed by atoms with van der Waals surface area (Å²) in [5.41, 5.74) is 0. The van der Waals surface area contributed by atoms with Gasteiger partial charge in [-0.2, -0.15) is 0 Å². The van der Waals surface area contributed by atoms with Crippen LogP contribution >= 0.6 is 11.3 Å². The van der Waals surface area contributed by atoms with Gasteiger partial charge in [-0.25, -0.2) is 0 Å². The van der Waals surface area contributed by atoms with Crippen molar-refractivity contribution >= 4 is 23.2 Å². The highest BCUT2D eigenvalue weighted by Crippen LogP contribution is 2.37. The highest BCUT2D eigenvalue weighted by atomic mass is 32.1. The molecule has 0 aliphatic carbocycles. The smallest absolute Gasteiger partial charge is 0.225 e. The summed E-state index contributed by atoms with van der Waals surface area (Å²) in [6, 6.07) is 3.86. The number of amides is 2. The van der Waals surface area contributed by atoms with E-state index in [0.717, 1.165) is 11.3 Å². The molecular formula is C14H20N2O2S. The van der Waals surface area contributed by atoms with Gasteiger partial charge < -0.3 is 10.2 Å². The van der Waals surface area contributed by atoms with Crippen molar-refractivity contribution in [2.24, 2.45) is 5.92 Å². The standard InChI is InChI=1S/C14H20N2O2S/c1-3-8-15-14(18)10-6-7-12(17)16(2)13(10)11-5-4-9-19-11/h4-5,9-10,13H,3,6-8H2,1-2H3,(H,15,18). The first-order valence-electron chi connectivity index (χ1n) is 6.72. The largest absolute Gasteiger partial charge is 0.356 e. The molecular weight excluding hydrogens is 260 g/mol. The van der Waals surface area contributed by atoms with Crippen LogP contribution in [0.25, 0.3) is 0 Å². The fraction of sp³-hybridized carbons (Fsp3) is 0.571. The fourth-order valence-electron chi connectivity index (χ4n) is 2.54. The van der Waals surface area contributed by atoms with E-state index in [1.54, 1.807) is 23.3 Å². The SMILES string of the molecule is CCCNC(=O)C1CCC(=O)N(C)C1c1cccs1. The summed E-state index contributed by atoms with van der Waals surface area (Å²) in [6.45, 7) is 2.73. The number of rotatable bonds is 4. The molecule has 0 aromatic carbocycles. The second kappa shape index (κ2) is 6.19. The molecule has 2 atom stereocenters. The Bertz CT molecular complexity index is 444. The Morgan fingerprint density at radius 1 is 1.58 bits per heavy atom. The molecule has 19 heavy (non-hydrogen) atoms. The number of thiophene rings is 1. The maximum atomic E-state index is 12.3. The zero-order chi connectivity index (χ0) is 13.8. The Balaban J connectivity index is 2.20. The molecule has 1 fully saturated rings. The summed E-state index contributed by atoms with van der Waals surface area (Å²) in [7, 11) is 1.80. The molecule has 2 heterocycles. The first kappa shape index (κ1) is 14.1. The molecule has 0 bridgehead atoms. The summed E-state index contributed by atoms with van der Waals surface area (Å²) < 4.78 is 0. The van der Waals surface area contributed by atoms with E-state index in [0.29, 0.717) is 19.4 Å². The van der Waals surface area contributed by atoms with Gasteiger partial charge in [-0.3, -0.25) is 9.59 Å². The van der Waals surface area contributed by atoms with Crippen molar-refractivity contribution in [2.75, 3.05) is 13.6 Å². The summed E-state index contributed by atoms with van der Waals surface area (Å²) in [5.74, 6) is 0.0606. The van der Waals surface area contributed by atoms with E-state index >= 15 is 0 Å². The van der Waals surface area contributed by atoms with Crippen LogP contribution in [0.3, 0.4) is 0 Å². The molecule has 104 valence electrons. The summed E-state index contributed by atoms with van der Waals surface area (Å²) in [6.07, 6.45) is 2.03. The minimum atomic E-state index is -0.132. The van der Waals surface area contributed by atoms with Crippen LogP contribution < -0.4 is 5.32 Å². The van der Waals surface area contributed by atoms with Gasteiger partial charge in [0.25, 0.3) is 0 Å². The monoisotopic (exact) mass is 280 g/mol. The van der Waals surface area contributed by atoms with Crippen molar-refractivity contribution in [3.05, 3.63) is 22.4 Å². The molecule has 1 N–H and O–H groups in total. The molecule has 4 nitrogen and oxygen atoms in total. The minimum Gasteiger partial charge on any atom is -0.356 e. The molecule has 0 spiro atoms. The zero-order valence-corrected chi connectivity index (χ0v) is 12.2. The highest BCUT2D eigenvalue weighted by Gasteiger charge is 2.39. The van der Waals surface area contributed by atoms with Gasteiger partial charge in [-0.15, -0.1) is 11.3 Å². The Morgan fingerprint density at radius 3 is 3.00 bits per heavy atom. The van der Waals surface area contributed by atoms with Gasteiger partial charge in [0.05, 0.1) is 12.0 Å². The molecule has 1 saturated heterocycles. The van der Waals surface area contributed by atoms with Crippen LogP contribution in [-0.4, -0.2) is 30.3 Å². The van der Waals surface area contributed by atoms with Crippen molar-refractivity contribution in [1.29, 1.82) is 0 Å². The summed E-state index contributed by atoms with van der Waals surface area (Å²) in [5, 5.41) is 4.95. The van der Waals surface area contributed by atoms with E-state index in [9.17, 15) is 9.59 Å².